The van der Waals surface area contributed by atoms with Crippen molar-refractivity contribution in [1.82, 2.24) is 0 Å². The molecule has 1 aromatic carbocycles. The number of carbonyl (C=O) groups excluding carboxylic acids is 1. The number of carbonyl (C=O) groups is 1. The van der Waals surface area contributed by atoms with Gasteiger partial charge in [0, 0.05) is 21.6 Å². The third kappa shape index (κ3) is 2.73. The molecule has 0 aliphatic carbocycles. The fourth-order valence-corrected chi connectivity index (χ4v) is 3.13. The van der Waals surface area contributed by atoms with Crippen molar-refractivity contribution in [3.8, 4) is 5.75 Å². The molecule has 1 aliphatic heterocycles. The first-order valence-corrected chi connectivity index (χ1v) is 7.63. The number of nitrogens with two attached hydrogens (primary N) is 2. The summed E-state index contributed by atoms with van der Waals surface area (Å²) in [6, 6.07) is 9.25. The van der Waals surface area contributed by atoms with Gasteiger partial charge in [0.05, 0.1) is 0 Å². The predicted molar refractivity (Wildman–Crippen MR) is 88.1 cm³/mol. The highest BCUT2D eigenvalue weighted by atomic mass is 32.1. The standard InChI is InChI=1S/C16H15N3O2S/c1-9-7-12(14-3-2-6-22-14)11-8-10(4-5-13(11)21-9)15(20)19-16(17)18/h2-9H,1H3,(H4,17,18,19,20). The molecule has 2 aromatic rings. The Labute approximate surface area is 131 Å². The Morgan fingerprint density at radius 2 is 2.14 bits per heavy atom. The van der Waals surface area contributed by atoms with Gasteiger partial charge in [-0.05, 0) is 42.6 Å². The summed E-state index contributed by atoms with van der Waals surface area (Å²) < 4.78 is 5.81. The first-order valence-electron chi connectivity index (χ1n) is 6.75. The van der Waals surface area contributed by atoms with Crippen molar-refractivity contribution in [1.29, 1.82) is 0 Å². The van der Waals surface area contributed by atoms with Gasteiger partial charge >= 0.3 is 0 Å². The van der Waals surface area contributed by atoms with E-state index in [1.807, 2.05) is 30.5 Å². The highest BCUT2D eigenvalue weighted by Crippen LogP contribution is 2.38. The second-order valence-corrected chi connectivity index (χ2v) is 5.88. The molecule has 0 bridgehead atoms. The monoisotopic (exact) mass is 313 g/mol. The molecule has 4 N–H and O–H groups in total. The van der Waals surface area contributed by atoms with Crippen molar-refractivity contribution in [2.24, 2.45) is 16.5 Å². The molecule has 22 heavy (non-hydrogen) atoms. The highest BCUT2D eigenvalue weighted by molar-refractivity contribution is 7.11. The van der Waals surface area contributed by atoms with Crippen LogP contribution in [0.1, 0.15) is 27.7 Å². The summed E-state index contributed by atoms with van der Waals surface area (Å²) in [5.41, 5.74) is 12.9. The van der Waals surface area contributed by atoms with Crippen molar-refractivity contribution in [2.45, 2.75) is 13.0 Å². The molecule has 112 valence electrons. The summed E-state index contributed by atoms with van der Waals surface area (Å²) in [6.45, 7) is 1.98. The van der Waals surface area contributed by atoms with E-state index >= 15 is 0 Å². The van der Waals surface area contributed by atoms with E-state index in [0.717, 1.165) is 21.8 Å². The van der Waals surface area contributed by atoms with Gasteiger partial charge in [0.15, 0.2) is 5.96 Å². The number of amides is 1. The van der Waals surface area contributed by atoms with Gasteiger partial charge in [0.1, 0.15) is 11.9 Å². The van der Waals surface area contributed by atoms with Crippen molar-refractivity contribution in [3.05, 3.63) is 57.8 Å². The van der Waals surface area contributed by atoms with Gasteiger partial charge in [-0.25, -0.2) is 0 Å². The quantitative estimate of drug-likeness (QED) is 0.658. The Morgan fingerprint density at radius 3 is 2.82 bits per heavy atom. The summed E-state index contributed by atoms with van der Waals surface area (Å²) in [6.07, 6.45) is 2.02. The van der Waals surface area contributed by atoms with Gasteiger partial charge < -0.3 is 16.2 Å². The van der Waals surface area contributed by atoms with Crippen molar-refractivity contribution >= 4 is 28.8 Å². The minimum Gasteiger partial charge on any atom is -0.486 e. The van der Waals surface area contributed by atoms with E-state index in [0.29, 0.717) is 5.56 Å². The smallest absolute Gasteiger partial charge is 0.280 e. The second kappa shape index (κ2) is 5.65. The predicted octanol–water partition coefficient (Wildman–Crippen LogP) is 2.37. The van der Waals surface area contributed by atoms with Crippen LogP contribution in [0.4, 0.5) is 0 Å². The summed E-state index contributed by atoms with van der Waals surface area (Å²) in [5.74, 6) is 0.0354. The molecule has 0 saturated carbocycles. The number of guanidine groups is 1. The molecular weight excluding hydrogens is 298 g/mol. The van der Waals surface area contributed by atoms with Crippen LogP contribution in [-0.2, 0) is 0 Å². The Bertz CT molecular complexity index is 775. The van der Waals surface area contributed by atoms with Gasteiger partial charge in [-0.2, -0.15) is 4.99 Å². The largest absolute Gasteiger partial charge is 0.486 e. The molecule has 1 atom stereocenters. The molecule has 0 radical (unpaired) electrons. The maximum atomic E-state index is 12.0. The maximum Gasteiger partial charge on any atom is 0.280 e. The lowest BCUT2D eigenvalue weighted by Gasteiger charge is -2.23. The van der Waals surface area contributed by atoms with Crippen LogP contribution >= 0.6 is 11.3 Å². The van der Waals surface area contributed by atoms with E-state index in [1.54, 1.807) is 29.5 Å². The van der Waals surface area contributed by atoms with E-state index in [2.05, 4.69) is 4.99 Å². The Morgan fingerprint density at radius 1 is 1.32 bits per heavy atom. The first-order chi connectivity index (χ1) is 10.5. The molecule has 0 spiro atoms. The highest BCUT2D eigenvalue weighted by Gasteiger charge is 2.21. The van der Waals surface area contributed by atoms with E-state index < -0.39 is 5.91 Å². The minimum absolute atomic E-state index is 0.0242. The molecule has 5 nitrogen and oxygen atoms in total. The molecule has 1 unspecified atom stereocenters. The molecular formula is C16H15N3O2S. The van der Waals surface area contributed by atoms with Crippen molar-refractivity contribution in [3.63, 3.8) is 0 Å². The van der Waals surface area contributed by atoms with E-state index in [-0.39, 0.29) is 12.1 Å². The molecule has 0 saturated heterocycles. The summed E-state index contributed by atoms with van der Waals surface area (Å²) in [7, 11) is 0. The van der Waals surface area contributed by atoms with Crippen molar-refractivity contribution in [2.75, 3.05) is 0 Å². The van der Waals surface area contributed by atoms with Gasteiger partial charge in [-0.1, -0.05) is 6.07 Å². The van der Waals surface area contributed by atoms with Crippen LogP contribution < -0.4 is 16.2 Å². The van der Waals surface area contributed by atoms with Crippen LogP contribution in [0.3, 0.4) is 0 Å². The Hall–Kier alpha value is -2.60. The molecule has 6 heteroatoms. The SMILES string of the molecule is CC1C=C(c2cccs2)c2cc(C(=O)N=C(N)N)ccc2O1. The summed E-state index contributed by atoms with van der Waals surface area (Å²) >= 11 is 1.64. The van der Waals surface area contributed by atoms with Crippen LogP contribution in [0.25, 0.3) is 5.57 Å². The number of thiophene rings is 1. The number of nitrogens with zero attached hydrogens (tertiary/aromatic N) is 1. The normalized spacial score (nSPS) is 16.2. The summed E-state index contributed by atoms with van der Waals surface area (Å²) in [4.78, 5) is 16.7. The lowest BCUT2D eigenvalue weighted by molar-refractivity contribution is 0.100. The number of rotatable bonds is 2. The average molecular weight is 313 g/mol. The fourth-order valence-electron chi connectivity index (χ4n) is 2.36. The molecule has 1 amide bonds. The minimum atomic E-state index is -0.466. The number of fused-ring (bicyclic) bond motifs is 1. The molecule has 1 aliphatic rings. The molecule has 2 heterocycles. The van der Waals surface area contributed by atoms with E-state index in [4.69, 9.17) is 16.2 Å². The molecule has 1 aromatic heterocycles. The number of hydrogen-bond acceptors (Lipinski definition) is 3. The van der Waals surface area contributed by atoms with Crippen LogP contribution in [0.2, 0.25) is 0 Å². The Kier molecular flexibility index (Phi) is 3.68. The zero-order valence-electron chi connectivity index (χ0n) is 11.9. The van der Waals surface area contributed by atoms with Crippen LogP contribution in [0.15, 0.2) is 46.8 Å². The second-order valence-electron chi connectivity index (χ2n) is 4.93. The average Bonchev–Trinajstić information content (AvgIpc) is 2.99. The van der Waals surface area contributed by atoms with E-state index in [1.165, 1.54) is 0 Å². The lowest BCUT2D eigenvalue weighted by atomic mass is 9.97. The zero-order chi connectivity index (χ0) is 15.7. The summed E-state index contributed by atoms with van der Waals surface area (Å²) in [5, 5.41) is 2.02. The first kappa shape index (κ1) is 14.3. The third-order valence-electron chi connectivity index (χ3n) is 3.25. The number of aliphatic imine (C=N–C) groups is 1. The lowest BCUT2D eigenvalue weighted by Crippen LogP contribution is -2.24. The maximum absolute atomic E-state index is 12.0. The topological polar surface area (TPSA) is 90.7 Å². The zero-order valence-corrected chi connectivity index (χ0v) is 12.8. The number of ether oxygens (including phenoxy) is 1. The molecule has 0 fully saturated rings. The van der Waals surface area contributed by atoms with E-state index in [9.17, 15) is 4.79 Å². The number of hydrogen-bond donors (Lipinski definition) is 2. The van der Waals surface area contributed by atoms with Gasteiger partial charge in [-0.3, -0.25) is 4.79 Å². The van der Waals surface area contributed by atoms with Crippen molar-refractivity contribution < 1.29 is 9.53 Å². The van der Waals surface area contributed by atoms with Crippen LogP contribution in [-0.4, -0.2) is 18.0 Å². The molecule has 3 rings (SSSR count). The Balaban J connectivity index is 2.08. The van der Waals surface area contributed by atoms with Gasteiger partial charge in [0.2, 0.25) is 0 Å². The fraction of sp³-hybridized carbons (Fsp3) is 0.125. The third-order valence-corrected chi connectivity index (χ3v) is 4.15. The van der Waals surface area contributed by atoms with Gasteiger partial charge in [0.25, 0.3) is 5.91 Å². The van der Waals surface area contributed by atoms with Gasteiger partial charge in [-0.15, -0.1) is 11.3 Å². The van der Waals surface area contributed by atoms with Crippen LogP contribution in [0.5, 0.6) is 5.75 Å². The van der Waals surface area contributed by atoms with Crippen LogP contribution in [0, 0.1) is 0 Å². The number of benzene rings is 1.